The van der Waals surface area contributed by atoms with E-state index in [-0.39, 0.29) is 0 Å². The minimum atomic E-state index is 0.647. The lowest BCUT2D eigenvalue weighted by Crippen LogP contribution is -2.47. The summed E-state index contributed by atoms with van der Waals surface area (Å²) in [5.41, 5.74) is 6.71. The number of rotatable bonds is 4. The van der Waals surface area contributed by atoms with E-state index in [1.54, 1.807) is 11.8 Å². The molecule has 1 aromatic rings. The van der Waals surface area contributed by atoms with E-state index in [2.05, 4.69) is 29.7 Å². The second kappa shape index (κ2) is 6.70. The Bertz CT molecular complexity index is 496. The van der Waals surface area contributed by atoms with E-state index in [1.165, 1.54) is 22.9 Å². The molecule has 2 N–H and O–H groups in total. The Balaban J connectivity index is 2.09. The van der Waals surface area contributed by atoms with Crippen LogP contribution in [0.4, 0.5) is 10.7 Å². The molecule has 1 fully saturated rings. The predicted octanol–water partition coefficient (Wildman–Crippen LogP) is 2.70. The highest BCUT2D eigenvalue weighted by atomic mass is 32.2. The van der Waals surface area contributed by atoms with Gasteiger partial charge in [0.15, 0.2) is 0 Å². The first-order valence-corrected chi connectivity index (χ1v) is 8.94. The molecule has 1 aliphatic heterocycles. The molecule has 0 radical (unpaired) electrons. The fourth-order valence-electron chi connectivity index (χ4n) is 2.55. The van der Waals surface area contributed by atoms with Gasteiger partial charge < -0.3 is 10.6 Å². The third-order valence-electron chi connectivity index (χ3n) is 3.47. The number of nitriles is 1. The Morgan fingerprint density at radius 3 is 2.50 bits per heavy atom. The number of nitrogen functional groups attached to an aromatic ring is 1. The van der Waals surface area contributed by atoms with E-state index >= 15 is 0 Å². The zero-order chi connectivity index (χ0) is 14.7. The van der Waals surface area contributed by atoms with Crippen molar-refractivity contribution in [3.05, 3.63) is 4.88 Å². The Morgan fingerprint density at radius 1 is 1.35 bits per heavy atom. The van der Waals surface area contributed by atoms with Crippen molar-refractivity contribution in [2.75, 3.05) is 49.6 Å². The lowest BCUT2D eigenvalue weighted by molar-refractivity contribution is 0.231. The van der Waals surface area contributed by atoms with Gasteiger partial charge in [-0.15, -0.1) is 23.1 Å². The van der Waals surface area contributed by atoms with Gasteiger partial charge >= 0.3 is 0 Å². The zero-order valence-electron chi connectivity index (χ0n) is 12.3. The third-order valence-corrected chi connectivity index (χ3v) is 5.59. The minimum Gasteiger partial charge on any atom is -0.396 e. The summed E-state index contributed by atoms with van der Waals surface area (Å²) in [6.07, 6.45) is 2.03. The molecule has 110 valence electrons. The highest BCUT2D eigenvalue weighted by Gasteiger charge is 2.24. The van der Waals surface area contributed by atoms with Gasteiger partial charge in [-0.2, -0.15) is 5.26 Å². The number of hydrogen-bond acceptors (Lipinski definition) is 6. The molecular weight excluding hydrogens is 288 g/mol. The van der Waals surface area contributed by atoms with Crippen LogP contribution < -0.4 is 10.6 Å². The van der Waals surface area contributed by atoms with Crippen molar-refractivity contribution in [2.24, 2.45) is 5.92 Å². The maximum atomic E-state index is 9.14. The molecule has 0 spiro atoms. The summed E-state index contributed by atoms with van der Waals surface area (Å²) in [4.78, 5) is 6.62. The number of nitrogens with zero attached hydrogens (tertiary/aromatic N) is 3. The Kier molecular flexibility index (Phi) is 5.19. The fraction of sp³-hybridized carbons (Fsp3) is 0.643. The van der Waals surface area contributed by atoms with Crippen molar-refractivity contribution < 1.29 is 0 Å². The number of anilines is 2. The van der Waals surface area contributed by atoms with E-state index in [9.17, 15) is 0 Å². The molecule has 0 aliphatic carbocycles. The average Bonchev–Trinajstić information content (AvgIpc) is 2.75. The molecule has 6 heteroatoms. The van der Waals surface area contributed by atoms with Gasteiger partial charge in [0.1, 0.15) is 15.9 Å². The first kappa shape index (κ1) is 15.5. The van der Waals surface area contributed by atoms with E-state index in [0.717, 1.165) is 31.1 Å². The number of hydrogen-bond donors (Lipinski definition) is 1. The van der Waals surface area contributed by atoms with Crippen LogP contribution in [-0.2, 0) is 0 Å². The third kappa shape index (κ3) is 3.22. The lowest BCUT2D eigenvalue weighted by atomic mass is 10.2. The summed E-state index contributed by atoms with van der Waals surface area (Å²) >= 11 is 3.18. The summed E-state index contributed by atoms with van der Waals surface area (Å²) in [5.74, 6) is 0.714. The summed E-state index contributed by atoms with van der Waals surface area (Å²) in [6.45, 7) is 9.90. The molecular formula is C14H22N4S2. The first-order chi connectivity index (χ1) is 9.56. The average molecular weight is 310 g/mol. The van der Waals surface area contributed by atoms with Crippen molar-refractivity contribution in [1.82, 2.24) is 4.90 Å². The smallest absolute Gasteiger partial charge is 0.131 e. The van der Waals surface area contributed by atoms with Crippen molar-refractivity contribution in [3.8, 4) is 6.07 Å². The van der Waals surface area contributed by atoms with Crippen LogP contribution in [-0.4, -0.2) is 43.9 Å². The number of thiophene rings is 1. The molecule has 2 heterocycles. The molecule has 0 atom stereocenters. The Morgan fingerprint density at radius 2 is 2.00 bits per heavy atom. The second-order valence-corrected chi connectivity index (χ2v) is 7.29. The fourth-order valence-corrected chi connectivity index (χ4v) is 4.59. The molecule has 0 saturated carbocycles. The molecule has 0 aromatic carbocycles. The van der Waals surface area contributed by atoms with Crippen LogP contribution in [0.3, 0.4) is 0 Å². The van der Waals surface area contributed by atoms with Gasteiger partial charge in [0.05, 0.1) is 10.6 Å². The van der Waals surface area contributed by atoms with Gasteiger partial charge in [-0.25, -0.2) is 0 Å². The van der Waals surface area contributed by atoms with Crippen molar-refractivity contribution >= 4 is 33.8 Å². The molecule has 1 aliphatic rings. The lowest BCUT2D eigenvalue weighted by Gasteiger charge is -2.36. The van der Waals surface area contributed by atoms with E-state index in [0.29, 0.717) is 16.5 Å². The van der Waals surface area contributed by atoms with E-state index < -0.39 is 0 Å². The molecule has 2 rings (SSSR count). The first-order valence-electron chi connectivity index (χ1n) is 6.90. The molecule has 4 nitrogen and oxygen atoms in total. The zero-order valence-corrected chi connectivity index (χ0v) is 14.0. The van der Waals surface area contributed by atoms with Gasteiger partial charge in [0.25, 0.3) is 0 Å². The van der Waals surface area contributed by atoms with Gasteiger partial charge in [0.2, 0.25) is 0 Å². The highest BCUT2D eigenvalue weighted by molar-refractivity contribution is 7.99. The molecule has 20 heavy (non-hydrogen) atoms. The van der Waals surface area contributed by atoms with Crippen molar-refractivity contribution in [1.29, 1.82) is 5.26 Å². The van der Waals surface area contributed by atoms with Gasteiger partial charge in [0, 0.05) is 32.7 Å². The van der Waals surface area contributed by atoms with Crippen LogP contribution in [0, 0.1) is 17.2 Å². The largest absolute Gasteiger partial charge is 0.396 e. The van der Waals surface area contributed by atoms with Crippen LogP contribution >= 0.6 is 23.1 Å². The molecule has 0 unspecified atom stereocenters. The summed E-state index contributed by atoms with van der Waals surface area (Å²) in [6, 6.07) is 2.21. The number of piperazine rings is 1. The molecule has 1 aromatic heterocycles. The molecule has 0 bridgehead atoms. The number of nitrogens with two attached hydrogens (primary N) is 1. The maximum absolute atomic E-state index is 9.14. The van der Waals surface area contributed by atoms with E-state index in [4.69, 9.17) is 11.0 Å². The van der Waals surface area contributed by atoms with Crippen LogP contribution in [0.2, 0.25) is 0 Å². The second-order valence-electron chi connectivity index (χ2n) is 5.48. The monoisotopic (exact) mass is 310 g/mol. The summed E-state index contributed by atoms with van der Waals surface area (Å²) in [7, 11) is 0. The van der Waals surface area contributed by atoms with Crippen LogP contribution in [0.15, 0.2) is 4.90 Å². The normalized spacial score (nSPS) is 16.6. The SMILES string of the molecule is CSc1c(N2CCN(CC(C)C)CC2)sc(C#N)c1N. The topological polar surface area (TPSA) is 56.3 Å². The van der Waals surface area contributed by atoms with Crippen molar-refractivity contribution in [3.63, 3.8) is 0 Å². The van der Waals surface area contributed by atoms with E-state index in [1.807, 2.05) is 6.26 Å². The van der Waals surface area contributed by atoms with Gasteiger partial charge in [-0.05, 0) is 12.2 Å². The standard InChI is InChI=1S/C14H22N4S2/c1-10(2)9-17-4-6-18(7-5-17)14-13(19-3)12(16)11(8-15)20-14/h10H,4-7,9,16H2,1-3H3. The van der Waals surface area contributed by atoms with Crippen LogP contribution in [0.25, 0.3) is 0 Å². The van der Waals surface area contributed by atoms with Gasteiger partial charge in [-0.1, -0.05) is 13.8 Å². The van der Waals surface area contributed by atoms with Crippen LogP contribution in [0.1, 0.15) is 18.7 Å². The molecule has 1 saturated heterocycles. The summed E-state index contributed by atoms with van der Waals surface area (Å²) in [5, 5.41) is 10.3. The number of thioether (sulfide) groups is 1. The minimum absolute atomic E-state index is 0.647. The quantitative estimate of drug-likeness (QED) is 0.867. The van der Waals surface area contributed by atoms with Gasteiger partial charge in [-0.3, -0.25) is 4.90 Å². The maximum Gasteiger partial charge on any atom is 0.131 e. The van der Waals surface area contributed by atoms with Crippen molar-refractivity contribution in [2.45, 2.75) is 18.7 Å². The Labute approximate surface area is 129 Å². The molecule has 0 amide bonds. The highest BCUT2D eigenvalue weighted by Crippen LogP contribution is 2.43. The summed E-state index contributed by atoms with van der Waals surface area (Å²) < 4.78 is 0. The Hall–Kier alpha value is -0.900. The van der Waals surface area contributed by atoms with Crippen LogP contribution in [0.5, 0.6) is 0 Å². The predicted molar refractivity (Wildman–Crippen MR) is 88.7 cm³/mol.